The Morgan fingerprint density at radius 1 is 1.28 bits per heavy atom. The quantitative estimate of drug-likeness (QED) is 0.764. The number of rotatable bonds is 0. The van der Waals surface area contributed by atoms with Crippen LogP contribution in [0.4, 0.5) is 4.39 Å². The van der Waals surface area contributed by atoms with Gasteiger partial charge in [0.2, 0.25) is 0 Å². The number of ether oxygens (including phenoxy) is 1. The molecule has 1 aromatic carbocycles. The summed E-state index contributed by atoms with van der Waals surface area (Å²) in [7, 11) is 0. The number of nitrogens with two attached hydrogens (primary N) is 1. The van der Waals surface area contributed by atoms with Gasteiger partial charge in [0.25, 0.3) is 0 Å². The lowest BCUT2D eigenvalue weighted by Crippen LogP contribution is -2.47. The number of fused-ring (bicyclic) bond motifs is 4. The fourth-order valence-electron chi connectivity index (χ4n) is 4.41. The highest BCUT2D eigenvalue weighted by Crippen LogP contribution is 2.57. The van der Waals surface area contributed by atoms with Crippen LogP contribution in [0.15, 0.2) is 18.2 Å². The minimum atomic E-state index is -0.235. The summed E-state index contributed by atoms with van der Waals surface area (Å²) in [5.41, 5.74) is 7.15. The van der Waals surface area contributed by atoms with Crippen molar-refractivity contribution in [2.75, 3.05) is 0 Å². The molecule has 96 valence electrons. The van der Waals surface area contributed by atoms with Gasteiger partial charge in [-0.3, -0.25) is 0 Å². The van der Waals surface area contributed by atoms with Crippen LogP contribution < -0.4 is 10.5 Å². The van der Waals surface area contributed by atoms with Crippen molar-refractivity contribution in [3.63, 3.8) is 0 Å². The second-order valence-electron chi connectivity index (χ2n) is 6.24. The van der Waals surface area contributed by atoms with E-state index >= 15 is 0 Å². The third kappa shape index (κ3) is 1.37. The average molecular weight is 247 g/mol. The Hall–Kier alpha value is -1.09. The maximum atomic E-state index is 13.4. The molecule has 4 rings (SSSR count). The van der Waals surface area contributed by atoms with E-state index in [2.05, 4.69) is 0 Å². The van der Waals surface area contributed by atoms with Gasteiger partial charge in [0.05, 0.1) is 0 Å². The summed E-state index contributed by atoms with van der Waals surface area (Å²) in [5.74, 6) is 1.88. The topological polar surface area (TPSA) is 35.2 Å². The molecule has 3 aliphatic rings. The van der Waals surface area contributed by atoms with Crippen molar-refractivity contribution in [1.82, 2.24) is 0 Å². The Labute approximate surface area is 106 Å². The second kappa shape index (κ2) is 3.47. The van der Waals surface area contributed by atoms with Crippen LogP contribution in [-0.4, -0.2) is 5.60 Å². The van der Waals surface area contributed by atoms with Gasteiger partial charge in [0, 0.05) is 24.1 Å². The minimum absolute atomic E-state index is 0.00583. The number of halogens is 1. The van der Waals surface area contributed by atoms with Crippen molar-refractivity contribution in [3.05, 3.63) is 29.6 Å². The zero-order valence-electron chi connectivity index (χ0n) is 10.4. The third-order valence-corrected chi connectivity index (χ3v) is 5.17. The first-order chi connectivity index (χ1) is 8.66. The molecule has 0 saturated heterocycles. The van der Waals surface area contributed by atoms with E-state index in [-0.39, 0.29) is 17.5 Å². The van der Waals surface area contributed by atoms with E-state index in [1.54, 1.807) is 6.07 Å². The highest BCUT2D eigenvalue weighted by molar-refractivity contribution is 5.40. The van der Waals surface area contributed by atoms with E-state index in [1.165, 1.54) is 31.4 Å². The van der Waals surface area contributed by atoms with Gasteiger partial charge in [-0.05, 0) is 43.6 Å². The summed E-state index contributed by atoms with van der Waals surface area (Å²) in [4.78, 5) is 0. The molecule has 2 fully saturated rings. The van der Waals surface area contributed by atoms with Gasteiger partial charge >= 0.3 is 0 Å². The van der Waals surface area contributed by atoms with E-state index in [0.29, 0.717) is 11.7 Å². The SMILES string of the molecule is N[C@@H]1CC2(CC3CCC2C3)Oc2cc(F)ccc21. The number of hydrogen-bond acceptors (Lipinski definition) is 2. The lowest BCUT2D eigenvalue weighted by atomic mass is 9.76. The molecular formula is C15H18FNO. The van der Waals surface area contributed by atoms with Gasteiger partial charge < -0.3 is 10.5 Å². The Balaban J connectivity index is 1.75. The summed E-state index contributed by atoms with van der Waals surface area (Å²) >= 11 is 0. The molecule has 3 unspecified atom stereocenters. The van der Waals surface area contributed by atoms with Crippen LogP contribution in [0, 0.1) is 17.7 Å². The van der Waals surface area contributed by atoms with Gasteiger partial charge in [-0.1, -0.05) is 6.07 Å². The molecule has 0 radical (unpaired) electrons. The van der Waals surface area contributed by atoms with E-state index in [4.69, 9.17) is 10.5 Å². The molecule has 4 atom stereocenters. The molecule has 0 aromatic heterocycles. The molecule has 1 heterocycles. The van der Waals surface area contributed by atoms with E-state index in [9.17, 15) is 4.39 Å². The molecule has 1 spiro atoms. The maximum absolute atomic E-state index is 13.4. The molecular weight excluding hydrogens is 229 g/mol. The van der Waals surface area contributed by atoms with Crippen molar-refractivity contribution in [2.24, 2.45) is 17.6 Å². The number of hydrogen-bond donors (Lipinski definition) is 1. The van der Waals surface area contributed by atoms with Crippen LogP contribution in [0.2, 0.25) is 0 Å². The van der Waals surface area contributed by atoms with Crippen molar-refractivity contribution in [3.8, 4) is 5.75 Å². The Bertz CT molecular complexity index is 503. The second-order valence-corrected chi connectivity index (χ2v) is 6.24. The highest BCUT2D eigenvalue weighted by atomic mass is 19.1. The van der Waals surface area contributed by atoms with Crippen LogP contribution in [0.25, 0.3) is 0 Å². The molecule has 18 heavy (non-hydrogen) atoms. The molecule has 1 aliphatic heterocycles. The van der Waals surface area contributed by atoms with Crippen LogP contribution in [0.5, 0.6) is 5.75 Å². The summed E-state index contributed by atoms with van der Waals surface area (Å²) in [6.07, 6.45) is 5.87. The maximum Gasteiger partial charge on any atom is 0.127 e. The predicted octanol–water partition coefficient (Wildman–Crippen LogP) is 3.17. The third-order valence-electron chi connectivity index (χ3n) is 5.17. The first kappa shape index (κ1) is 10.8. The van der Waals surface area contributed by atoms with Crippen molar-refractivity contribution < 1.29 is 9.13 Å². The van der Waals surface area contributed by atoms with E-state index in [1.807, 2.05) is 0 Å². The zero-order valence-corrected chi connectivity index (χ0v) is 10.4. The van der Waals surface area contributed by atoms with Gasteiger partial charge in [-0.15, -0.1) is 0 Å². The normalized spacial score (nSPS) is 40.9. The predicted molar refractivity (Wildman–Crippen MR) is 66.8 cm³/mol. The monoisotopic (exact) mass is 247 g/mol. The summed E-state index contributed by atoms with van der Waals surface area (Å²) in [5, 5.41) is 0. The van der Waals surface area contributed by atoms with Crippen LogP contribution in [-0.2, 0) is 0 Å². The van der Waals surface area contributed by atoms with Crippen LogP contribution >= 0.6 is 0 Å². The van der Waals surface area contributed by atoms with Crippen LogP contribution in [0.3, 0.4) is 0 Å². The van der Waals surface area contributed by atoms with Gasteiger partial charge in [-0.25, -0.2) is 4.39 Å². The Morgan fingerprint density at radius 2 is 2.17 bits per heavy atom. The minimum Gasteiger partial charge on any atom is -0.486 e. The average Bonchev–Trinajstić information content (AvgIpc) is 2.88. The van der Waals surface area contributed by atoms with Gasteiger partial charge in [-0.2, -0.15) is 0 Å². The molecule has 2 nitrogen and oxygen atoms in total. The fraction of sp³-hybridized carbons (Fsp3) is 0.600. The van der Waals surface area contributed by atoms with Crippen molar-refractivity contribution >= 4 is 0 Å². The van der Waals surface area contributed by atoms with Crippen molar-refractivity contribution in [1.29, 1.82) is 0 Å². The van der Waals surface area contributed by atoms with E-state index < -0.39 is 0 Å². The zero-order chi connectivity index (χ0) is 12.3. The van der Waals surface area contributed by atoms with Crippen molar-refractivity contribution in [2.45, 2.75) is 43.7 Å². The molecule has 2 aliphatic carbocycles. The summed E-state index contributed by atoms with van der Waals surface area (Å²) < 4.78 is 19.6. The molecule has 3 heteroatoms. The first-order valence-corrected chi connectivity index (χ1v) is 6.90. The fourth-order valence-corrected chi connectivity index (χ4v) is 4.41. The lowest BCUT2D eigenvalue weighted by Gasteiger charge is -2.44. The summed E-state index contributed by atoms with van der Waals surface area (Å²) in [6, 6.07) is 4.74. The van der Waals surface area contributed by atoms with E-state index in [0.717, 1.165) is 24.3 Å². The molecule has 2 N–H and O–H groups in total. The first-order valence-electron chi connectivity index (χ1n) is 6.90. The smallest absolute Gasteiger partial charge is 0.127 e. The number of benzene rings is 1. The molecule has 2 bridgehead atoms. The van der Waals surface area contributed by atoms with Crippen LogP contribution in [0.1, 0.15) is 43.7 Å². The Kier molecular flexibility index (Phi) is 2.08. The Morgan fingerprint density at radius 3 is 2.89 bits per heavy atom. The largest absolute Gasteiger partial charge is 0.486 e. The molecule has 1 aromatic rings. The highest BCUT2D eigenvalue weighted by Gasteiger charge is 2.55. The summed E-state index contributed by atoms with van der Waals surface area (Å²) in [6.45, 7) is 0. The van der Waals surface area contributed by atoms with Gasteiger partial charge in [0.1, 0.15) is 17.2 Å². The molecule has 0 amide bonds. The lowest BCUT2D eigenvalue weighted by molar-refractivity contribution is -0.0143. The standard InChI is InChI=1S/C15H18FNO/c16-11-3-4-12-13(17)8-15(18-14(12)6-11)7-9-1-2-10(15)5-9/h3-4,6,9-10,13H,1-2,5,7-8,17H2/t9?,10?,13-,15?/m1/s1. The molecule has 2 saturated carbocycles. The van der Waals surface area contributed by atoms with Gasteiger partial charge in [0.15, 0.2) is 0 Å².